The van der Waals surface area contributed by atoms with Gasteiger partial charge in [0.25, 0.3) is 0 Å². The van der Waals surface area contributed by atoms with Crippen molar-refractivity contribution < 1.29 is 18.7 Å². The second-order valence-corrected chi connectivity index (χ2v) is 6.31. The van der Waals surface area contributed by atoms with E-state index in [0.29, 0.717) is 42.5 Å². The second kappa shape index (κ2) is 5.77. The quantitative estimate of drug-likeness (QED) is 0.814. The molecule has 0 amide bonds. The number of esters is 1. The van der Waals surface area contributed by atoms with E-state index in [4.69, 9.17) is 9.47 Å². The van der Waals surface area contributed by atoms with Crippen molar-refractivity contribution in [2.24, 2.45) is 5.41 Å². The van der Waals surface area contributed by atoms with Crippen LogP contribution in [-0.2, 0) is 9.47 Å². The first-order valence-corrected chi connectivity index (χ1v) is 7.47. The highest BCUT2D eigenvalue weighted by Gasteiger charge is 2.35. The predicted molar refractivity (Wildman–Crippen MR) is 82.2 cm³/mol. The maximum Gasteiger partial charge on any atom is 0.341 e. The molecule has 1 fully saturated rings. The van der Waals surface area contributed by atoms with Gasteiger partial charge in [-0.05, 0) is 38.1 Å². The zero-order chi connectivity index (χ0) is 16.6. The van der Waals surface area contributed by atoms with Crippen LogP contribution >= 0.6 is 0 Å². The van der Waals surface area contributed by atoms with E-state index in [0.717, 1.165) is 0 Å². The number of rotatable bonds is 4. The van der Waals surface area contributed by atoms with Crippen LogP contribution in [0, 0.1) is 25.1 Å². The molecule has 0 bridgehead atoms. The number of hydrogen-bond donors (Lipinski definition) is 0. The van der Waals surface area contributed by atoms with Gasteiger partial charge in [0.1, 0.15) is 18.0 Å². The van der Waals surface area contributed by atoms with Crippen molar-refractivity contribution in [1.29, 1.82) is 0 Å². The molecule has 2 aromatic rings. The van der Waals surface area contributed by atoms with Gasteiger partial charge in [0.05, 0.1) is 30.3 Å². The predicted octanol–water partition coefficient (Wildman–Crippen LogP) is 2.82. The molecule has 1 aliphatic rings. The minimum Gasteiger partial charge on any atom is -0.461 e. The summed E-state index contributed by atoms with van der Waals surface area (Å²) in [6.45, 7) is 7.12. The van der Waals surface area contributed by atoms with Gasteiger partial charge in [-0.15, -0.1) is 0 Å². The third kappa shape index (κ3) is 2.99. The maximum absolute atomic E-state index is 13.1. The third-order valence-corrected chi connectivity index (χ3v) is 4.02. The van der Waals surface area contributed by atoms with E-state index in [9.17, 15) is 9.18 Å². The van der Waals surface area contributed by atoms with Crippen LogP contribution in [0.5, 0.6) is 0 Å². The Hall–Kier alpha value is -2.21. The molecule has 3 rings (SSSR count). The Bertz CT molecular complexity index is 733. The molecular weight excluding hydrogens is 299 g/mol. The average Bonchev–Trinajstić information content (AvgIpc) is 2.79. The van der Waals surface area contributed by atoms with Crippen LogP contribution in [0.1, 0.15) is 28.7 Å². The van der Waals surface area contributed by atoms with Crippen molar-refractivity contribution in [1.82, 2.24) is 9.78 Å². The van der Waals surface area contributed by atoms with Crippen molar-refractivity contribution in [3.63, 3.8) is 0 Å². The summed E-state index contributed by atoms with van der Waals surface area (Å²) in [7, 11) is 0. The van der Waals surface area contributed by atoms with Gasteiger partial charge in [-0.25, -0.2) is 13.9 Å². The Morgan fingerprint density at radius 2 is 2.00 bits per heavy atom. The smallest absolute Gasteiger partial charge is 0.341 e. The van der Waals surface area contributed by atoms with Crippen LogP contribution in [0.2, 0.25) is 0 Å². The number of aromatic nitrogens is 2. The van der Waals surface area contributed by atoms with E-state index >= 15 is 0 Å². The fourth-order valence-corrected chi connectivity index (χ4v) is 2.62. The van der Waals surface area contributed by atoms with Gasteiger partial charge < -0.3 is 9.47 Å². The topological polar surface area (TPSA) is 53.4 Å². The van der Waals surface area contributed by atoms with Crippen molar-refractivity contribution >= 4 is 5.97 Å². The summed E-state index contributed by atoms with van der Waals surface area (Å²) >= 11 is 0. The highest BCUT2D eigenvalue weighted by Crippen LogP contribution is 2.27. The Labute approximate surface area is 134 Å². The third-order valence-electron chi connectivity index (χ3n) is 4.02. The second-order valence-electron chi connectivity index (χ2n) is 6.31. The number of carbonyl (C=O) groups is 1. The molecular formula is C17H19FN2O3. The normalized spacial score (nSPS) is 16.0. The number of aryl methyl sites for hydroxylation is 1. The van der Waals surface area contributed by atoms with Crippen LogP contribution in [0.15, 0.2) is 24.3 Å². The molecule has 0 spiro atoms. The molecule has 0 atom stereocenters. The first kappa shape index (κ1) is 15.7. The largest absolute Gasteiger partial charge is 0.461 e. The number of ether oxygens (including phenoxy) is 2. The summed E-state index contributed by atoms with van der Waals surface area (Å²) in [6, 6.07) is 5.97. The SMILES string of the molecule is Cc1nn(-c2ccc(F)cc2)c(C)c1C(=O)OCC1(C)COC1. The molecule has 1 aromatic carbocycles. The molecule has 0 unspecified atom stereocenters. The van der Waals surface area contributed by atoms with Crippen LogP contribution < -0.4 is 0 Å². The standard InChI is InChI=1S/C17H19FN2O3/c1-11-15(16(21)23-10-17(3)8-22-9-17)12(2)20(19-11)14-6-4-13(18)5-7-14/h4-7H,8-10H2,1-3H3. The lowest BCUT2D eigenvalue weighted by molar-refractivity contribution is -0.127. The molecule has 1 aromatic heterocycles. The zero-order valence-corrected chi connectivity index (χ0v) is 13.4. The molecule has 5 nitrogen and oxygen atoms in total. The van der Waals surface area contributed by atoms with Gasteiger partial charge in [-0.2, -0.15) is 5.10 Å². The van der Waals surface area contributed by atoms with Crippen LogP contribution in [-0.4, -0.2) is 35.6 Å². The van der Waals surface area contributed by atoms with E-state index in [1.165, 1.54) is 12.1 Å². The van der Waals surface area contributed by atoms with Crippen LogP contribution in [0.3, 0.4) is 0 Å². The number of hydrogen-bond acceptors (Lipinski definition) is 4. The van der Waals surface area contributed by atoms with Crippen molar-refractivity contribution in [3.8, 4) is 5.69 Å². The summed E-state index contributed by atoms with van der Waals surface area (Å²) in [6.07, 6.45) is 0. The van der Waals surface area contributed by atoms with Crippen LogP contribution in [0.4, 0.5) is 4.39 Å². The Balaban J connectivity index is 1.82. The fourth-order valence-electron chi connectivity index (χ4n) is 2.62. The summed E-state index contributed by atoms with van der Waals surface area (Å²) in [5, 5.41) is 4.38. The van der Waals surface area contributed by atoms with Gasteiger partial charge in [-0.1, -0.05) is 6.92 Å². The molecule has 0 N–H and O–H groups in total. The van der Waals surface area contributed by atoms with E-state index in [1.807, 2.05) is 6.92 Å². The minimum absolute atomic E-state index is 0.0928. The molecule has 1 saturated heterocycles. The summed E-state index contributed by atoms with van der Waals surface area (Å²) < 4.78 is 25.3. The number of nitrogens with zero attached hydrogens (tertiary/aromatic N) is 2. The summed E-state index contributed by atoms with van der Waals surface area (Å²) in [5.74, 6) is -0.702. The first-order chi connectivity index (χ1) is 10.9. The van der Waals surface area contributed by atoms with E-state index in [-0.39, 0.29) is 17.2 Å². The fraction of sp³-hybridized carbons (Fsp3) is 0.412. The molecule has 0 aliphatic carbocycles. The number of halogens is 1. The molecule has 122 valence electrons. The molecule has 1 aliphatic heterocycles. The van der Waals surface area contributed by atoms with Crippen molar-refractivity contribution in [2.45, 2.75) is 20.8 Å². The van der Waals surface area contributed by atoms with Crippen LogP contribution in [0.25, 0.3) is 5.69 Å². The highest BCUT2D eigenvalue weighted by molar-refractivity contribution is 5.92. The number of benzene rings is 1. The highest BCUT2D eigenvalue weighted by atomic mass is 19.1. The lowest BCUT2D eigenvalue weighted by Crippen LogP contribution is -2.44. The first-order valence-electron chi connectivity index (χ1n) is 7.47. The zero-order valence-electron chi connectivity index (χ0n) is 13.4. The van der Waals surface area contributed by atoms with E-state index in [1.54, 1.807) is 30.7 Å². The monoisotopic (exact) mass is 318 g/mol. The minimum atomic E-state index is -0.388. The van der Waals surface area contributed by atoms with Crippen molar-refractivity contribution in [3.05, 3.63) is 47.0 Å². The number of carbonyl (C=O) groups excluding carboxylic acids is 1. The Kier molecular flexibility index (Phi) is 3.93. The lowest BCUT2D eigenvalue weighted by Gasteiger charge is -2.37. The van der Waals surface area contributed by atoms with E-state index < -0.39 is 0 Å². The van der Waals surface area contributed by atoms with Gasteiger partial charge in [0.15, 0.2) is 0 Å². The van der Waals surface area contributed by atoms with Gasteiger partial charge in [0, 0.05) is 5.41 Å². The van der Waals surface area contributed by atoms with Gasteiger partial charge in [-0.3, -0.25) is 0 Å². The molecule has 2 heterocycles. The Morgan fingerprint density at radius 1 is 1.35 bits per heavy atom. The average molecular weight is 318 g/mol. The Morgan fingerprint density at radius 3 is 2.57 bits per heavy atom. The maximum atomic E-state index is 13.1. The summed E-state index contributed by atoms with van der Waals surface area (Å²) in [4.78, 5) is 12.4. The van der Waals surface area contributed by atoms with Gasteiger partial charge >= 0.3 is 5.97 Å². The molecule has 0 saturated carbocycles. The summed E-state index contributed by atoms with van der Waals surface area (Å²) in [5.41, 5.74) is 2.33. The van der Waals surface area contributed by atoms with Gasteiger partial charge in [0.2, 0.25) is 0 Å². The molecule has 23 heavy (non-hydrogen) atoms. The van der Waals surface area contributed by atoms with Crippen molar-refractivity contribution in [2.75, 3.05) is 19.8 Å². The molecule has 0 radical (unpaired) electrons. The lowest BCUT2D eigenvalue weighted by atomic mass is 9.90. The molecule has 6 heteroatoms. The van der Waals surface area contributed by atoms with E-state index in [2.05, 4.69) is 5.10 Å².